The third-order valence-electron chi connectivity index (χ3n) is 4.78. The van der Waals surface area contributed by atoms with Gasteiger partial charge in [0, 0.05) is 42.9 Å². The highest BCUT2D eigenvalue weighted by Crippen LogP contribution is 2.11. The quantitative estimate of drug-likeness (QED) is 0.175. The molecule has 0 fully saturated rings. The van der Waals surface area contributed by atoms with E-state index in [0.717, 1.165) is 6.42 Å². The average Bonchev–Trinajstić information content (AvgIpc) is 2.81. The molecule has 32 heavy (non-hydrogen) atoms. The van der Waals surface area contributed by atoms with Gasteiger partial charge in [0.2, 0.25) is 5.91 Å². The Morgan fingerprint density at radius 2 is 1.16 bits per heavy atom. The van der Waals surface area contributed by atoms with Crippen LogP contribution < -0.4 is 27.0 Å². The number of rotatable bonds is 13. The van der Waals surface area contributed by atoms with Crippen molar-refractivity contribution >= 4 is 23.6 Å². The maximum absolute atomic E-state index is 12.6. The summed E-state index contributed by atoms with van der Waals surface area (Å²) < 4.78 is 0. The van der Waals surface area contributed by atoms with Crippen LogP contribution in [0.15, 0.2) is 18.2 Å². The summed E-state index contributed by atoms with van der Waals surface area (Å²) in [6.07, 6.45) is 0.766. The zero-order valence-corrected chi connectivity index (χ0v) is 18.4. The summed E-state index contributed by atoms with van der Waals surface area (Å²) in [6.45, 7) is 3.60. The molecule has 2 atom stereocenters. The highest BCUT2D eigenvalue weighted by atomic mass is 16.3. The Hall–Kier alpha value is -3.02. The minimum absolute atomic E-state index is 0.0137. The van der Waals surface area contributed by atoms with Crippen LogP contribution in [-0.2, 0) is 4.79 Å². The van der Waals surface area contributed by atoms with E-state index < -0.39 is 23.8 Å². The Morgan fingerprint density at radius 3 is 1.53 bits per heavy atom. The Bertz CT molecular complexity index is 763. The number of amides is 4. The summed E-state index contributed by atoms with van der Waals surface area (Å²) in [7, 11) is 0. The molecule has 4 amide bonds. The van der Waals surface area contributed by atoms with Crippen LogP contribution in [0, 0.1) is 5.92 Å². The van der Waals surface area contributed by atoms with Gasteiger partial charge < -0.3 is 37.2 Å². The van der Waals surface area contributed by atoms with E-state index in [4.69, 9.17) is 15.9 Å². The molecule has 8 N–H and O–H groups in total. The summed E-state index contributed by atoms with van der Waals surface area (Å²) in [5.41, 5.74) is 6.05. The van der Waals surface area contributed by atoms with Crippen molar-refractivity contribution in [2.24, 2.45) is 11.7 Å². The summed E-state index contributed by atoms with van der Waals surface area (Å²) in [4.78, 5) is 49.1. The second-order valence-electron chi connectivity index (χ2n) is 7.22. The lowest BCUT2D eigenvalue weighted by molar-refractivity contribution is -0.123. The van der Waals surface area contributed by atoms with E-state index in [1.807, 2.05) is 13.8 Å². The number of aliphatic hydroxyl groups excluding tert-OH is 2. The lowest BCUT2D eigenvalue weighted by atomic mass is 9.99. The van der Waals surface area contributed by atoms with E-state index in [1.165, 1.54) is 18.2 Å². The van der Waals surface area contributed by atoms with Crippen LogP contribution in [0.1, 0.15) is 51.3 Å². The number of nitrogens with two attached hydrogens (primary N) is 1. The van der Waals surface area contributed by atoms with Gasteiger partial charge in [0.25, 0.3) is 17.7 Å². The normalized spacial score (nSPS) is 12.4. The number of carbonyl (C=O) groups is 4. The molecule has 0 aliphatic heterocycles. The highest BCUT2D eigenvalue weighted by molar-refractivity contribution is 6.04. The summed E-state index contributed by atoms with van der Waals surface area (Å²) in [6, 6.07) is 3.32. The fourth-order valence-corrected chi connectivity index (χ4v) is 2.66. The molecule has 1 aromatic carbocycles. The number of benzene rings is 1. The first kappa shape index (κ1) is 27.0. The monoisotopic (exact) mass is 451 g/mol. The molecule has 0 aliphatic carbocycles. The van der Waals surface area contributed by atoms with Crippen LogP contribution in [0.4, 0.5) is 0 Å². The van der Waals surface area contributed by atoms with Crippen molar-refractivity contribution in [2.45, 2.75) is 26.3 Å². The van der Waals surface area contributed by atoms with E-state index in [2.05, 4.69) is 21.3 Å². The zero-order valence-electron chi connectivity index (χ0n) is 18.4. The van der Waals surface area contributed by atoms with Gasteiger partial charge >= 0.3 is 0 Å². The maximum atomic E-state index is 12.6. The number of aliphatic hydroxyl groups is 2. The third-order valence-corrected chi connectivity index (χ3v) is 4.78. The van der Waals surface area contributed by atoms with E-state index >= 15 is 0 Å². The van der Waals surface area contributed by atoms with Gasteiger partial charge in [0.05, 0.1) is 19.3 Å². The molecule has 0 radical (unpaired) electrons. The molecule has 1 aromatic rings. The SMILES string of the molecule is CC[C@H](C)[C@H](N)C(=O)NCCNC(=O)c1cc(C(=O)NCCO)cc(C(=O)NCCO)c1. The molecule has 0 heterocycles. The van der Waals surface area contributed by atoms with Crippen LogP contribution >= 0.6 is 0 Å². The van der Waals surface area contributed by atoms with Gasteiger partial charge in [-0.2, -0.15) is 0 Å². The zero-order chi connectivity index (χ0) is 24.1. The molecule has 11 heteroatoms. The molecular formula is C21H33N5O6. The third kappa shape index (κ3) is 8.61. The molecule has 11 nitrogen and oxygen atoms in total. The smallest absolute Gasteiger partial charge is 0.251 e. The first-order chi connectivity index (χ1) is 15.2. The first-order valence-electron chi connectivity index (χ1n) is 10.5. The van der Waals surface area contributed by atoms with Gasteiger partial charge in [-0.25, -0.2) is 0 Å². The molecular weight excluding hydrogens is 418 g/mol. The lowest BCUT2D eigenvalue weighted by Gasteiger charge is -2.17. The molecule has 1 rings (SSSR count). The van der Waals surface area contributed by atoms with Crippen molar-refractivity contribution in [2.75, 3.05) is 39.4 Å². The summed E-state index contributed by atoms with van der Waals surface area (Å²) in [5.74, 6) is -1.94. The van der Waals surface area contributed by atoms with Crippen LogP contribution in [-0.4, -0.2) is 79.3 Å². The first-order valence-corrected chi connectivity index (χ1v) is 10.5. The van der Waals surface area contributed by atoms with E-state index in [1.54, 1.807) is 0 Å². The van der Waals surface area contributed by atoms with Crippen molar-refractivity contribution in [3.8, 4) is 0 Å². The number of hydrogen-bond acceptors (Lipinski definition) is 7. The summed E-state index contributed by atoms with van der Waals surface area (Å²) >= 11 is 0. The van der Waals surface area contributed by atoms with Crippen molar-refractivity contribution in [3.63, 3.8) is 0 Å². The minimum Gasteiger partial charge on any atom is -0.395 e. The Balaban J connectivity index is 2.85. The Morgan fingerprint density at radius 1 is 0.781 bits per heavy atom. The van der Waals surface area contributed by atoms with Gasteiger partial charge in [-0.15, -0.1) is 0 Å². The van der Waals surface area contributed by atoms with Gasteiger partial charge in [-0.3, -0.25) is 19.2 Å². The van der Waals surface area contributed by atoms with Gasteiger partial charge in [-0.1, -0.05) is 20.3 Å². The second-order valence-corrected chi connectivity index (χ2v) is 7.22. The van der Waals surface area contributed by atoms with Crippen LogP contribution in [0.5, 0.6) is 0 Å². The Labute approximate surface area is 187 Å². The fraction of sp³-hybridized carbons (Fsp3) is 0.524. The van der Waals surface area contributed by atoms with Crippen molar-refractivity contribution in [3.05, 3.63) is 34.9 Å². The standard InChI is InChI=1S/C21H33N5O6/c1-3-13(2)17(22)21(32)24-5-4-23-18(29)14-10-15(19(30)25-6-8-27)12-16(11-14)20(31)26-7-9-28/h10-13,17,27-28H,3-9,22H2,1-2H3,(H,23,29)(H,24,32)(H,25,30)(H,26,31)/t13-,17-/m0/s1. The largest absolute Gasteiger partial charge is 0.395 e. The van der Waals surface area contributed by atoms with Gasteiger partial charge in [0.15, 0.2) is 0 Å². The van der Waals surface area contributed by atoms with Crippen molar-refractivity contribution < 1.29 is 29.4 Å². The van der Waals surface area contributed by atoms with Crippen molar-refractivity contribution in [1.29, 1.82) is 0 Å². The van der Waals surface area contributed by atoms with E-state index in [0.29, 0.717) is 0 Å². The predicted octanol–water partition coefficient (Wildman–Crippen LogP) is -1.65. The summed E-state index contributed by atoms with van der Waals surface area (Å²) in [5, 5.41) is 28.0. The van der Waals surface area contributed by atoms with E-state index in [-0.39, 0.29) is 67.9 Å². The molecule has 0 bridgehead atoms. The van der Waals surface area contributed by atoms with E-state index in [9.17, 15) is 19.2 Å². The molecule has 0 saturated heterocycles. The average molecular weight is 452 g/mol. The minimum atomic E-state index is -0.634. The number of carbonyl (C=O) groups excluding carboxylic acids is 4. The topological polar surface area (TPSA) is 183 Å². The molecule has 0 unspecified atom stereocenters. The maximum Gasteiger partial charge on any atom is 0.251 e. The molecule has 0 saturated carbocycles. The Kier molecular flexibility index (Phi) is 11.9. The molecule has 0 spiro atoms. The van der Waals surface area contributed by atoms with Gasteiger partial charge in [-0.05, 0) is 24.1 Å². The molecule has 0 aliphatic rings. The van der Waals surface area contributed by atoms with Gasteiger partial charge in [0.1, 0.15) is 0 Å². The fourth-order valence-electron chi connectivity index (χ4n) is 2.66. The highest BCUT2D eigenvalue weighted by Gasteiger charge is 2.19. The molecule has 178 valence electrons. The van der Waals surface area contributed by atoms with Crippen molar-refractivity contribution in [1.82, 2.24) is 21.3 Å². The number of hydrogen-bond donors (Lipinski definition) is 7. The van der Waals surface area contributed by atoms with Crippen LogP contribution in [0.3, 0.4) is 0 Å². The lowest BCUT2D eigenvalue weighted by Crippen LogP contribution is -2.46. The predicted molar refractivity (Wildman–Crippen MR) is 118 cm³/mol. The molecule has 0 aromatic heterocycles. The number of nitrogens with one attached hydrogen (secondary N) is 4. The van der Waals surface area contributed by atoms with Crippen LogP contribution in [0.25, 0.3) is 0 Å². The van der Waals surface area contributed by atoms with Crippen LogP contribution in [0.2, 0.25) is 0 Å². The second kappa shape index (κ2) is 14.1.